The van der Waals surface area contributed by atoms with Crippen LogP contribution in [0, 0.1) is 0 Å². The topological polar surface area (TPSA) is 73.6 Å². The number of nitrogens with one attached hydrogen (secondary N) is 1. The first-order valence-corrected chi connectivity index (χ1v) is 6.09. The van der Waals surface area contributed by atoms with E-state index in [9.17, 15) is 4.79 Å². The summed E-state index contributed by atoms with van der Waals surface area (Å²) in [5.74, 6) is 1.09. The first-order chi connectivity index (χ1) is 8.22. The third-order valence-corrected chi connectivity index (χ3v) is 2.94. The van der Waals surface area contributed by atoms with Crippen LogP contribution in [-0.4, -0.2) is 25.8 Å². The normalized spacial score (nSPS) is 11.9. The molecule has 0 aliphatic carbocycles. The molecule has 0 saturated heterocycles. The lowest BCUT2D eigenvalue weighted by molar-refractivity contribution is 0.0953. The summed E-state index contributed by atoms with van der Waals surface area (Å²) in [6, 6.07) is 3.39. The highest BCUT2D eigenvalue weighted by atomic mass is 79.9. The van der Waals surface area contributed by atoms with Crippen molar-refractivity contribution in [2.75, 3.05) is 19.9 Å². The fourth-order valence-electron chi connectivity index (χ4n) is 1.50. The molecule has 3 N–H and O–H groups in total. The van der Waals surface area contributed by atoms with E-state index in [1.54, 1.807) is 12.1 Å². The molecule has 18 heavy (non-hydrogen) atoms. The molecule has 7 heteroatoms. The molecular formula is C11H14BrClN2O3. The zero-order chi connectivity index (χ0) is 12.3. The van der Waals surface area contributed by atoms with Gasteiger partial charge in [0.1, 0.15) is 0 Å². The van der Waals surface area contributed by atoms with Gasteiger partial charge in [-0.1, -0.05) is 0 Å². The monoisotopic (exact) mass is 336 g/mol. The number of nitrogens with two attached hydrogens (primary N) is 1. The minimum Gasteiger partial charge on any atom is -0.454 e. The predicted molar refractivity (Wildman–Crippen MR) is 73.5 cm³/mol. The van der Waals surface area contributed by atoms with Crippen LogP contribution in [0.5, 0.6) is 11.5 Å². The Morgan fingerprint density at radius 2 is 2.22 bits per heavy atom. The number of amides is 1. The second-order valence-corrected chi connectivity index (χ2v) is 4.44. The van der Waals surface area contributed by atoms with E-state index in [2.05, 4.69) is 21.2 Å². The molecule has 0 fully saturated rings. The van der Waals surface area contributed by atoms with Gasteiger partial charge in [-0.15, -0.1) is 12.4 Å². The Balaban J connectivity index is 0.00000162. The number of halogens is 2. The van der Waals surface area contributed by atoms with E-state index in [0.29, 0.717) is 30.2 Å². The summed E-state index contributed by atoms with van der Waals surface area (Å²) in [6.45, 7) is 1.32. The lowest BCUT2D eigenvalue weighted by Gasteiger charge is -2.06. The molecule has 0 spiro atoms. The van der Waals surface area contributed by atoms with E-state index in [0.717, 1.165) is 10.9 Å². The van der Waals surface area contributed by atoms with Crippen LogP contribution < -0.4 is 20.5 Å². The van der Waals surface area contributed by atoms with Crippen molar-refractivity contribution in [3.63, 3.8) is 0 Å². The molecule has 1 aliphatic rings. The average molecular weight is 338 g/mol. The van der Waals surface area contributed by atoms with Gasteiger partial charge in [0.15, 0.2) is 11.5 Å². The van der Waals surface area contributed by atoms with Crippen LogP contribution >= 0.6 is 28.3 Å². The zero-order valence-corrected chi connectivity index (χ0v) is 12.0. The van der Waals surface area contributed by atoms with Crippen LogP contribution in [0.3, 0.4) is 0 Å². The summed E-state index contributed by atoms with van der Waals surface area (Å²) < 4.78 is 11.2. The van der Waals surface area contributed by atoms with E-state index in [4.69, 9.17) is 15.2 Å². The maximum absolute atomic E-state index is 11.8. The Morgan fingerprint density at radius 1 is 1.44 bits per heavy atom. The van der Waals surface area contributed by atoms with Crippen molar-refractivity contribution in [1.82, 2.24) is 5.32 Å². The standard InChI is InChI=1S/C11H13BrN2O3.ClH/c12-8-4-7(11(15)14-3-1-2-13)5-9-10(8)17-6-16-9;/h4-5H,1-3,6,13H2,(H,14,15);1H. The van der Waals surface area contributed by atoms with Gasteiger partial charge in [0, 0.05) is 12.1 Å². The maximum Gasteiger partial charge on any atom is 0.251 e. The molecule has 0 unspecified atom stereocenters. The lowest BCUT2D eigenvalue weighted by Crippen LogP contribution is -2.25. The lowest BCUT2D eigenvalue weighted by atomic mass is 10.2. The van der Waals surface area contributed by atoms with Crippen molar-refractivity contribution in [3.05, 3.63) is 22.2 Å². The Kier molecular flexibility index (Phi) is 5.71. The van der Waals surface area contributed by atoms with Gasteiger partial charge in [0.05, 0.1) is 4.47 Å². The van der Waals surface area contributed by atoms with Gasteiger partial charge in [-0.3, -0.25) is 4.79 Å². The highest BCUT2D eigenvalue weighted by Gasteiger charge is 2.20. The predicted octanol–water partition coefficient (Wildman–Crippen LogP) is 1.68. The second kappa shape index (κ2) is 6.82. The minimum absolute atomic E-state index is 0. The van der Waals surface area contributed by atoms with Crippen molar-refractivity contribution in [2.24, 2.45) is 5.73 Å². The number of rotatable bonds is 4. The number of fused-ring (bicyclic) bond motifs is 1. The van der Waals surface area contributed by atoms with Crippen molar-refractivity contribution >= 4 is 34.2 Å². The SMILES string of the molecule is Cl.NCCCNC(=O)c1cc(Br)c2c(c1)OCO2. The van der Waals surface area contributed by atoms with Crippen LogP contribution in [0.15, 0.2) is 16.6 Å². The second-order valence-electron chi connectivity index (χ2n) is 3.59. The van der Waals surface area contributed by atoms with E-state index in [1.807, 2.05) is 0 Å². The average Bonchev–Trinajstić information content (AvgIpc) is 2.77. The smallest absolute Gasteiger partial charge is 0.251 e. The van der Waals surface area contributed by atoms with Crippen LogP contribution in [0.25, 0.3) is 0 Å². The molecular weight excluding hydrogens is 323 g/mol. The van der Waals surface area contributed by atoms with Gasteiger partial charge in [-0.05, 0) is 41.0 Å². The van der Waals surface area contributed by atoms with Crippen molar-refractivity contribution in [3.8, 4) is 11.5 Å². The summed E-state index contributed by atoms with van der Waals surface area (Å²) in [5.41, 5.74) is 5.90. The molecule has 1 amide bonds. The largest absolute Gasteiger partial charge is 0.454 e. The Hall–Kier alpha value is -0.980. The van der Waals surface area contributed by atoms with E-state index in [-0.39, 0.29) is 25.1 Å². The first-order valence-electron chi connectivity index (χ1n) is 5.30. The van der Waals surface area contributed by atoms with Crippen molar-refractivity contribution in [1.29, 1.82) is 0 Å². The molecule has 0 radical (unpaired) electrons. The fraction of sp³-hybridized carbons (Fsp3) is 0.364. The molecule has 0 bridgehead atoms. The van der Waals surface area contributed by atoms with Crippen LogP contribution in [0.1, 0.15) is 16.8 Å². The summed E-state index contributed by atoms with van der Waals surface area (Å²) >= 11 is 3.34. The number of carbonyl (C=O) groups is 1. The summed E-state index contributed by atoms with van der Waals surface area (Å²) in [6.07, 6.45) is 0.761. The molecule has 2 rings (SSSR count). The highest BCUT2D eigenvalue weighted by Crippen LogP contribution is 2.39. The molecule has 100 valence electrons. The minimum atomic E-state index is -0.141. The van der Waals surface area contributed by atoms with E-state index in [1.165, 1.54) is 0 Å². The zero-order valence-electron chi connectivity index (χ0n) is 9.57. The Bertz CT molecular complexity index is 443. The van der Waals surface area contributed by atoms with Gasteiger partial charge in [0.25, 0.3) is 5.91 Å². The van der Waals surface area contributed by atoms with Gasteiger partial charge >= 0.3 is 0 Å². The van der Waals surface area contributed by atoms with Gasteiger partial charge in [0.2, 0.25) is 6.79 Å². The van der Waals surface area contributed by atoms with Gasteiger partial charge < -0.3 is 20.5 Å². The number of hydrogen-bond acceptors (Lipinski definition) is 4. The summed E-state index contributed by atoms with van der Waals surface area (Å²) in [7, 11) is 0. The third kappa shape index (κ3) is 3.28. The molecule has 5 nitrogen and oxygen atoms in total. The van der Waals surface area contributed by atoms with Crippen LogP contribution in [0.2, 0.25) is 0 Å². The van der Waals surface area contributed by atoms with Crippen LogP contribution in [-0.2, 0) is 0 Å². The number of benzene rings is 1. The van der Waals surface area contributed by atoms with Crippen molar-refractivity contribution in [2.45, 2.75) is 6.42 Å². The molecule has 1 aromatic carbocycles. The van der Waals surface area contributed by atoms with Crippen LogP contribution in [0.4, 0.5) is 0 Å². The van der Waals surface area contributed by atoms with E-state index >= 15 is 0 Å². The molecule has 1 heterocycles. The quantitative estimate of drug-likeness (QED) is 0.820. The molecule has 0 saturated carbocycles. The molecule has 0 aromatic heterocycles. The third-order valence-electron chi connectivity index (χ3n) is 2.36. The first kappa shape index (κ1) is 15.1. The molecule has 1 aromatic rings. The maximum atomic E-state index is 11.8. The fourth-order valence-corrected chi connectivity index (χ4v) is 2.06. The van der Waals surface area contributed by atoms with Crippen molar-refractivity contribution < 1.29 is 14.3 Å². The summed E-state index contributed by atoms with van der Waals surface area (Å²) in [4.78, 5) is 11.8. The summed E-state index contributed by atoms with van der Waals surface area (Å²) in [5, 5.41) is 2.78. The number of ether oxygens (including phenoxy) is 2. The van der Waals surface area contributed by atoms with Gasteiger partial charge in [-0.2, -0.15) is 0 Å². The van der Waals surface area contributed by atoms with Gasteiger partial charge in [-0.25, -0.2) is 0 Å². The van der Waals surface area contributed by atoms with E-state index < -0.39 is 0 Å². The number of hydrogen-bond donors (Lipinski definition) is 2. The Morgan fingerprint density at radius 3 is 2.94 bits per heavy atom. The Labute approximate surface area is 120 Å². The highest BCUT2D eigenvalue weighted by molar-refractivity contribution is 9.10. The molecule has 1 aliphatic heterocycles. The molecule has 0 atom stereocenters. The number of carbonyl (C=O) groups excluding carboxylic acids is 1.